The zero-order chi connectivity index (χ0) is 25.6. The van der Waals surface area contributed by atoms with Gasteiger partial charge >= 0.3 is 5.97 Å². The van der Waals surface area contributed by atoms with Crippen molar-refractivity contribution in [1.82, 2.24) is 0 Å². The van der Waals surface area contributed by atoms with Gasteiger partial charge in [0, 0.05) is 34.7 Å². The number of nitriles is 1. The Hall–Kier alpha value is -3.97. The average Bonchev–Trinajstić information content (AvgIpc) is 3.26. The SMILES string of the molecule is COC(=O)c1c(N2C(N)=C(C#N)[C@H](c3ccc([N+](=O)[O-])cc3)C3=C2CCCC3=O)sc2c1CCCC2. The van der Waals surface area contributed by atoms with Crippen molar-refractivity contribution >= 4 is 33.8 Å². The summed E-state index contributed by atoms with van der Waals surface area (Å²) in [6.07, 6.45) is 5.10. The predicted molar refractivity (Wildman–Crippen MR) is 133 cm³/mol. The summed E-state index contributed by atoms with van der Waals surface area (Å²) in [7, 11) is 1.34. The number of ether oxygens (including phenoxy) is 1. The number of fused-ring (bicyclic) bond motifs is 1. The molecule has 2 N–H and O–H groups in total. The first-order chi connectivity index (χ1) is 17.4. The molecule has 2 aliphatic carbocycles. The van der Waals surface area contributed by atoms with E-state index in [1.165, 1.54) is 30.6 Å². The van der Waals surface area contributed by atoms with Gasteiger partial charge in [-0.1, -0.05) is 12.1 Å². The molecule has 0 radical (unpaired) electrons. The molecule has 0 saturated heterocycles. The topological polar surface area (TPSA) is 140 Å². The van der Waals surface area contributed by atoms with Crippen LogP contribution in [-0.2, 0) is 22.4 Å². The fourth-order valence-corrected chi connectivity index (χ4v) is 6.88. The number of nitro groups is 1. The van der Waals surface area contributed by atoms with Crippen molar-refractivity contribution in [3.8, 4) is 6.07 Å². The van der Waals surface area contributed by atoms with Gasteiger partial charge in [0.2, 0.25) is 0 Å². The average molecular weight is 505 g/mol. The second kappa shape index (κ2) is 9.24. The quantitative estimate of drug-likeness (QED) is 0.361. The van der Waals surface area contributed by atoms with Crippen LogP contribution in [0.4, 0.5) is 10.7 Å². The number of benzene rings is 1. The fraction of sp³-hybridized carbons (Fsp3) is 0.346. The van der Waals surface area contributed by atoms with Crippen LogP contribution in [0.3, 0.4) is 0 Å². The van der Waals surface area contributed by atoms with E-state index >= 15 is 0 Å². The molecule has 1 aliphatic heterocycles. The molecule has 184 valence electrons. The zero-order valence-electron chi connectivity index (χ0n) is 19.7. The summed E-state index contributed by atoms with van der Waals surface area (Å²) in [6.45, 7) is 0. The second-order valence-electron chi connectivity index (χ2n) is 9.05. The Labute approximate surface area is 211 Å². The van der Waals surface area contributed by atoms with Gasteiger partial charge in [-0.05, 0) is 49.7 Å². The van der Waals surface area contributed by atoms with Crippen molar-refractivity contribution in [2.24, 2.45) is 5.73 Å². The molecule has 36 heavy (non-hydrogen) atoms. The van der Waals surface area contributed by atoms with E-state index in [1.807, 2.05) is 0 Å². The summed E-state index contributed by atoms with van der Waals surface area (Å²) in [5.41, 5.74) is 9.91. The number of allylic oxidation sites excluding steroid dienone is 3. The van der Waals surface area contributed by atoms with E-state index in [1.54, 1.807) is 17.0 Å². The number of hydrogen-bond acceptors (Lipinski definition) is 9. The molecule has 1 aromatic heterocycles. The number of hydrogen-bond donors (Lipinski definition) is 1. The number of nitrogens with zero attached hydrogens (tertiary/aromatic N) is 3. The molecule has 0 amide bonds. The number of aryl methyl sites for hydroxylation is 1. The van der Waals surface area contributed by atoms with Crippen LogP contribution < -0.4 is 10.6 Å². The van der Waals surface area contributed by atoms with E-state index in [-0.39, 0.29) is 22.9 Å². The van der Waals surface area contributed by atoms with Crippen molar-refractivity contribution in [3.63, 3.8) is 0 Å². The molecule has 0 fully saturated rings. The third-order valence-corrected chi connectivity index (χ3v) is 8.37. The van der Waals surface area contributed by atoms with Crippen LogP contribution in [0.25, 0.3) is 0 Å². The number of Topliss-reactive ketones (excluding diaryl/α,β-unsaturated/α-hetero) is 1. The molecule has 0 spiro atoms. The summed E-state index contributed by atoms with van der Waals surface area (Å²) in [5.74, 6) is -1.12. The van der Waals surface area contributed by atoms with Crippen molar-refractivity contribution in [3.05, 3.63) is 78.6 Å². The first-order valence-corrected chi connectivity index (χ1v) is 12.6. The number of methoxy groups -OCH3 is 1. The van der Waals surface area contributed by atoms with Gasteiger partial charge in [-0.3, -0.25) is 19.8 Å². The third-order valence-electron chi connectivity index (χ3n) is 7.10. The summed E-state index contributed by atoms with van der Waals surface area (Å²) in [4.78, 5) is 39.8. The molecule has 9 nitrogen and oxygen atoms in total. The van der Waals surface area contributed by atoms with Gasteiger partial charge in [0.05, 0.1) is 35.2 Å². The summed E-state index contributed by atoms with van der Waals surface area (Å²) < 4.78 is 5.14. The van der Waals surface area contributed by atoms with Crippen LogP contribution in [0.2, 0.25) is 0 Å². The number of thiophene rings is 1. The van der Waals surface area contributed by atoms with Gasteiger partial charge in [-0.2, -0.15) is 5.26 Å². The number of ketones is 1. The number of nitro benzene ring substituents is 1. The number of esters is 1. The Morgan fingerprint density at radius 2 is 1.92 bits per heavy atom. The van der Waals surface area contributed by atoms with Crippen molar-refractivity contribution < 1.29 is 19.2 Å². The van der Waals surface area contributed by atoms with Gasteiger partial charge in [-0.25, -0.2) is 4.79 Å². The normalized spacial score (nSPS) is 19.5. The minimum Gasteiger partial charge on any atom is -0.465 e. The highest BCUT2D eigenvalue weighted by Crippen LogP contribution is 2.50. The molecular weight excluding hydrogens is 480 g/mol. The van der Waals surface area contributed by atoms with Crippen LogP contribution in [-0.4, -0.2) is 23.8 Å². The Kier molecular flexibility index (Phi) is 6.10. The number of nitrogens with two attached hydrogens (primary N) is 1. The molecular formula is C26H24N4O5S. The second-order valence-corrected chi connectivity index (χ2v) is 10.1. The van der Waals surface area contributed by atoms with E-state index < -0.39 is 16.8 Å². The highest BCUT2D eigenvalue weighted by molar-refractivity contribution is 7.16. The third kappa shape index (κ3) is 3.67. The molecule has 0 bridgehead atoms. The van der Waals surface area contributed by atoms with Gasteiger partial charge in [0.15, 0.2) is 5.78 Å². The molecule has 2 aromatic rings. The lowest BCUT2D eigenvalue weighted by molar-refractivity contribution is -0.384. The number of non-ortho nitro benzene ring substituents is 1. The maximum atomic E-state index is 13.3. The molecule has 1 atom stereocenters. The standard InChI is InChI=1S/C26H24N4O5S/c1-35-26(32)22-16-5-2-3-8-20(16)36-25(22)29-18-6-4-7-19(31)23(18)21(17(13-27)24(29)28)14-9-11-15(12-10-14)30(33)34/h9-12,21H,2-8,28H2,1H3/t21-/m0/s1. The summed E-state index contributed by atoms with van der Waals surface area (Å²) in [6, 6.07) is 8.06. The van der Waals surface area contributed by atoms with Crippen LogP contribution in [0.1, 0.15) is 64.4 Å². The smallest absolute Gasteiger partial charge is 0.341 e. The molecule has 1 aromatic carbocycles. The summed E-state index contributed by atoms with van der Waals surface area (Å²) in [5, 5.41) is 22.0. The zero-order valence-corrected chi connectivity index (χ0v) is 20.5. The van der Waals surface area contributed by atoms with Crippen LogP contribution in [0.15, 0.2) is 46.9 Å². The van der Waals surface area contributed by atoms with Gasteiger partial charge < -0.3 is 10.5 Å². The lowest BCUT2D eigenvalue weighted by Gasteiger charge is -2.39. The van der Waals surface area contributed by atoms with Gasteiger partial charge in [0.1, 0.15) is 10.8 Å². The summed E-state index contributed by atoms with van der Waals surface area (Å²) >= 11 is 1.47. The minimum absolute atomic E-state index is 0.0808. The van der Waals surface area contributed by atoms with Crippen LogP contribution >= 0.6 is 11.3 Å². The van der Waals surface area contributed by atoms with Crippen molar-refractivity contribution in [2.75, 3.05) is 12.0 Å². The Morgan fingerprint density at radius 3 is 2.58 bits per heavy atom. The number of carbonyl (C=O) groups excluding carboxylic acids is 2. The molecule has 3 aliphatic rings. The minimum atomic E-state index is -0.731. The van der Waals surface area contributed by atoms with Crippen molar-refractivity contribution in [2.45, 2.75) is 50.9 Å². The predicted octanol–water partition coefficient (Wildman–Crippen LogP) is 4.63. The monoisotopic (exact) mass is 504 g/mol. The molecule has 2 heterocycles. The lowest BCUT2D eigenvalue weighted by atomic mass is 9.75. The Morgan fingerprint density at radius 1 is 1.19 bits per heavy atom. The highest BCUT2D eigenvalue weighted by atomic mass is 32.1. The van der Waals surface area contributed by atoms with Crippen molar-refractivity contribution in [1.29, 1.82) is 5.26 Å². The fourth-order valence-electron chi connectivity index (χ4n) is 5.46. The highest BCUT2D eigenvalue weighted by Gasteiger charge is 2.42. The van der Waals surface area contributed by atoms with Crippen LogP contribution in [0, 0.1) is 21.4 Å². The number of anilines is 1. The Bertz CT molecular complexity index is 1400. The largest absolute Gasteiger partial charge is 0.465 e. The van der Waals surface area contributed by atoms with E-state index in [4.69, 9.17) is 10.5 Å². The van der Waals surface area contributed by atoms with E-state index in [9.17, 15) is 25.0 Å². The Balaban J connectivity index is 1.74. The van der Waals surface area contributed by atoms with Gasteiger partial charge in [0.25, 0.3) is 5.69 Å². The van der Waals surface area contributed by atoms with Crippen LogP contribution in [0.5, 0.6) is 0 Å². The molecule has 10 heteroatoms. The first-order valence-electron chi connectivity index (χ1n) is 11.8. The lowest BCUT2D eigenvalue weighted by Crippen LogP contribution is -2.39. The van der Waals surface area contributed by atoms with E-state index in [0.29, 0.717) is 46.7 Å². The maximum absolute atomic E-state index is 13.3. The number of carbonyl (C=O) groups is 2. The van der Waals surface area contributed by atoms with E-state index in [2.05, 4.69) is 6.07 Å². The molecule has 0 saturated carbocycles. The van der Waals surface area contributed by atoms with Gasteiger partial charge in [-0.15, -0.1) is 11.3 Å². The van der Waals surface area contributed by atoms with E-state index in [0.717, 1.165) is 36.1 Å². The molecule has 0 unspecified atom stereocenters. The maximum Gasteiger partial charge on any atom is 0.341 e. The first kappa shape index (κ1) is 23.8. The molecule has 5 rings (SSSR count). The number of rotatable bonds is 4.